The standard InChI is InChI=1S/C10H19N3O3/c1-12(2)11-10(16)13(7-9(14)15)8-5-3-4-6-8/h8H,3-7H2,1-2H3,(H,11,16)(H,14,15). The molecule has 1 aliphatic rings. The predicted octanol–water partition coefficient (Wildman–Crippen LogP) is 0.502. The summed E-state index contributed by atoms with van der Waals surface area (Å²) in [5.41, 5.74) is 2.58. The van der Waals surface area contributed by atoms with Crippen molar-refractivity contribution in [3.8, 4) is 0 Å². The van der Waals surface area contributed by atoms with Gasteiger partial charge in [-0.3, -0.25) is 10.2 Å². The highest BCUT2D eigenvalue weighted by Crippen LogP contribution is 2.23. The van der Waals surface area contributed by atoms with Crippen molar-refractivity contribution in [3.05, 3.63) is 0 Å². The van der Waals surface area contributed by atoms with E-state index in [2.05, 4.69) is 5.43 Å². The second kappa shape index (κ2) is 5.69. The highest BCUT2D eigenvalue weighted by atomic mass is 16.4. The molecule has 0 heterocycles. The molecule has 0 bridgehead atoms. The van der Waals surface area contributed by atoms with E-state index in [-0.39, 0.29) is 18.6 Å². The summed E-state index contributed by atoms with van der Waals surface area (Å²) in [4.78, 5) is 23.9. The van der Waals surface area contributed by atoms with Gasteiger partial charge >= 0.3 is 12.0 Å². The van der Waals surface area contributed by atoms with E-state index in [1.54, 1.807) is 14.1 Å². The molecule has 1 rings (SSSR count). The van der Waals surface area contributed by atoms with Gasteiger partial charge in [-0.2, -0.15) is 0 Å². The molecule has 6 nitrogen and oxygen atoms in total. The highest BCUT2D eigenvalue weighted by Gasteiger charge is 2.28. The Labute approximate surface area is 95.2 Å². The number of carboxylic acid groups (broad SMARTS) is 1. The first-order valence-corrected chi connectivity index (χ1v) is 5.47. The van der Waals surface area contributed by atoms with Crippen LogP contribution in [0.25, 0.3) is 0 Å². The lowest BCUT2D eigenvalue weighted by Crippen LogP contribution is -2.51. The van der Waals surface area contributed by atoms with Gasteiger partial charge in [0, 0.05) is 20.1 Å². The van der Waals surface area contributed by atoms with Gasteiger partial charge < -0.3 is 10.0 Å². The fraction of sp³-hybridized carbons (Fsp3) is 0.800. The van der Waals surface area contributed by atoms with Gasteiger partial charge in [-0.25, -0.2) is 9.80 Å². The smallest absolute Gasteiger partial charge is 0.332 e. The molecule has 2 amide bonds. The van der Waals surface area contributed by atoms with Crippen molar-refractivity contribution < 1.29 is 14.7 Å². The summed E-state index contributed by atoms with van der Waals surface area (Å²) in [6.07, 6.45) is 3.92. The molecule has 1 fully saturated rings. The zero-order chi connectivity index (χ0) is 12.1. The maximum atomic E-state index is 11.8. The zero-order valence-electron chi connectivity index (χ0n) is 9.77. The Bertz CT molecular complexity index is 262. The number of urea groups is 1. The van der Waals surface area contributed by atoms with Crippen LogP contribution in [0.5, 0.6) is 0 Å². The second-order valence-electron chi connectivity index (χ2n) is 4.27. The number of carbonyl (C=O) groups is 2. The fourth-order valence-corrected chi connectivity index (χ4v) is 1.98. The predicted molar refractivity (Wildman–Crippen MR) is 58.8 cm³/mol. The van der Waals surface area contributed by atoms with Crippen molar-refractivity contribution >= 4 is 12.0 Å². The molecule has 16 heavy (non-hydrogen) atoms. The molecule has 0 radical (unpaired) electrons. The van der Waals surface area contributed by atoms with Gasteiger partial charge in [0.1, 0.15) is 6.54 Å². The van der Waals surface area contributed by atoms with E-state index in [9.17, 15) is 9.59 Å². The summed E-state index contributed by atoms with van der Waals surface area (Å²) in [5, 5.41) is 10.3. The summed E-state index contributed by atoms with van der Waals surface area (Å²) < 4.78 is 0. The fourth-order valence-electron chi connectivity index (χ4n) is 1.98. The number of carbonyl (C=O) groups excluding carboxylic acids is 1. The number of rotatable bonds is 4. The first-order valence-electron chi connectivity index (χ1n) is 5.47. The molecule has 0 atom stereocenters. The van der Waals surface area contributed by atoms with E-state index in [4.69, 9.17) is 5.11 Å². The van der Waals surface area contributed by atoms with Crippen LogP contribution in [0.15, 0.2) is 0 Å². The Morgan fingerprint density at radius 3 is 2.31 bits per heavy atom. The third-order valence-electron chi connectivity index (χ3n) is 2.65. The molecule has 0 aliphatic heterocycles. The lowest BCUT2D eigenvalue weighted by Gasteiger charge is -2.28. The number of carboxylic acids is 1. The Balaban J connectivity index is 2.61. The minimum atomic E-state index is -0.971. The third-order valence-corrected chi connectivity index (χ3v) is 2.65. The van der Waals surface area contributed by atoms with Gasteiger partial charge in [-0.1, -0.05) is 12.8 Å². The van der Waals surface area contributed by atoms with Crippen LogP contribution >= 0.6 is 0 Å². The van der Waals surface area contributed by atoms with Crippen LogP contribution < -0.4 is 5.43 Å². The van der Waals surface area contributed by atoms with Crippen LogP contribution in [0.3, 0.4) is 0 Å². The SMILES string of the molecule is CN(C)NC(=O)N(CC(=O)O)C1CCCC1. The molecule has 0 saturated heterocycles. The van der Waals surface area contributed by atoms with Crippen LogP contribution in [-0.4, -0.2) is 53.7 Å². The van der Waals surface area contributed by atoms with Gasteiger partial charge in [0.25, 0.3) is 0 Å². The van der Waals surface area contributed by atoms with E-state index in [1.807, 2.05) is 0 Å². The lowest BCUT2D eigenvalue weighted by atomic mass is 10.2. The molecule has 0 aromatic carbocycles. The van der Waals surface area contributed by atoms with Gasteiger partial charge in [0.15, 0.2) is 0 Å². The van der Waals surface area contributed by atoms with Crippen molar-refractivity contribution in [1.29, 1.82) is 0 Å². The monoisotopic (exact) mass is 229 g/mol. The summed E-state index contributed by atoms with van der Waals surface area (Å²) in [6, 6.07) is -0.268. The minimum absolute atomic E-state index is 0.0658. The van der Waals surface area contributed by atoms with Gasteiger partial charge in [-0.05, 0) is 12.8 Å². The lowest BCUT2D eigenvalue weighted by molar-refractivity contribution is -0.138. The highest BCUT2D eigenvalue weighted by molar-refractivity contribution is 5.80. The van der Waals surface area contributed by atoms with Crippen molar-refractivity contribution in [2.24, 2.45) is 0 Å². The van der Waals surface area contributed by atoms with E-state index in [1.165, 1.54) is 9.91 Å². The average Bonchev–Trinajstić information content (AvgIpc) is 2.64. The normalized spacial score (nSPS) is 16.4. The largest absolute Gasteiger partial charge is 0.480 e. The number of nitrogens with zero attached hydrogens (tertiary/aromatic N) is 2. The Kier molecular flexibility index (Phi) is 4.54. The number of hydrogen-bond donors (Lipinski definition) is 2. The maximum absolute atomic E-state index is 11.8. The van der Waals surface area contributed by atoms with E-state index < -0.39 is 5.97 Å². The first kappa shape index (κ1) is 12.8. The molecule has 2 N–H and O–H groups in total. The van der Waals surface area contributed by atoms with E-state index in [0.29, 0.717) is 0 Å². The Morgan fingerprint density at radius 2 is 1.88 bits per heavy atom. The second-order valence-corrected chi connectivity index (χ2v) is 4.27. The third kappa shape index (κ3) is 3.69. The van der Waals surface area contributed by atoms with Crippen LogP contribution in [0, 0.1) is 0 Å². The summed E-state index contributed by atoms with van der Waals surface area (Å²) in [5.74, 6) is -0.971. The number of hydrogen-bond acceptors (Lipinski definition) is 3. The molecule has 0 aromatic heterocycles. The molecule has 0 unspecified atom stereocenters. The van der Waals surface area contributed by atoms with Crippen LogP contribution in [0.2, 0.25) is 0 Å². The Hall–Kier alpha value is -1.30. The molecular weight excluding hydrogens is 210 g/mol. The van der Waals surface area contributed by atoms with Crippen LogP contribution in [-0.2, 0) is 4.79 Å². The molecular formula is C10H19N3O3. The summed E-state index contributed by atoms with van der Waals surface area (Å²) >= 11 is 0. The van der Waals surface area contributed by atoms with E-state index in [0.717, 1.165) is 25.7 Å². The van der Waals surface area contributed by atoms with Gasteiger partial charge in [0.05, 0.1) is 0 Å². The minimum Gasteiger partial charge on any atom is -0.480 e. The molecule has 1 saturated carbocycles. The first-order chi connectivity index (χ1) is 7.50. The van der Waals surface area contributed by atoms with Crippen molar-refractivity contribution in [1.82, 2.24) is 15.3 Å². The van der Waals surface area contributed by atoms with Crippen molar-refractivity contribution in [2.75, 3.05) is 20.6 Å². The summed E-state index contributed by atoms with van der Waals surface area (Å²) in [7, 11) is 3.40. The van der Waals surface area contributed by atoms with Crippen molar-refractivity contribution in [2.45, 2.75) is 31.7 Å². The summed E-state index contributed by atoms with van der Waals surface area (Å²) in [6.45, 7) is -0.232. The van der Waals surface area contributed by atoms with Gasteiger partial charge in [0.2, 0.25) is 0 Å². The Morgan fingerprint density at radius 1 is 1.31 bits per heavy atom. The molecule has 92 valence electrons. The molecule has 1 aliphatic carbocycles. The molecule has 0 spiro atoms. The maximum Gasteiger partial charge on any atom is 0.332 e. The zero-order valence-corrected chi connectivity index (χ0v) is 9.77. The van der Waals surface area contributed by atoms with Gasteiger partial charge in [-0.15, -0.1) is 0 Å². The number of nitrogens with one attached hydrogen (secondary N) is 1. The van der Waals surface area contributed by atoms with Crippen LogP contribution in [0.4, 0.5) is 4.79 Å². The average molecular weight is 229 g/mol. The van der Waals surface area contributed by atoms with Crippen LogP contribution in [0.1, 0.15) is 25.7 Å². The van der Waals surface area contributed by atoms with Crippen molar-refractivity contribution in [3.63, 3.8) is 0 Å². The molecule has 0 aromatic rings. The number of amides is 2. The topological polar surface area (TPSA) is 72.9 Å². The molecule has 6 heteroatoms. The quantitative estimate of drug-likeness (QED) is 0.689. The van der Waals surface area contributed by atoms with E-state index >= 15 is 0 Å². The number of aliphatic carboxylic acids is 1. The number of hydrazine groups is 1.